The second-order valence-corrected chi connectivity index (χ2v) is 9.08. The van der Waals surface area contributed by atoms with Crippen LogP contribution in [0.2, 0.25) is 0 Å². The molecule has 0 aromatic heterocycles. The topological polar surface area (TPSA) is 62.2 Å². The molecule has 2 aliphatic heterocycles. The zero-order chi connectivity index (χ0) is 23.4. The fourth-order valence-electron chi connectivity index (χ4n) is 4.56. The van der Waals surface area contributed by atoms with Gasteiger partial charge in [0.1, 0.15) is 0 Å². The van der Waals surface area contributed by atoms with E-state index in [0.717, 1.165) is 29.7 Å². The number of hydrazone groups is 1. The molecule has 33 heavy (non-hydrogen) atoms. The summed E-state index contributed by atoms with van der Waals surface area (Å²) in [6, 6.07) is 16.6. The molecular formula is C27H33N3O3. The number of hydrogen-bond donors (Lipinski definition) is 0. The van der Waals surface area contributed by atoms with E-state index in [1.807, 2.05) is 6.92 Å². The zero-order valence-electron chi connectivity index (χ0n) is 19.8. The lowest BCUT2D eigenvalue weighted by Crippen LogP contribution is -2.43. The maximum Gasteiger partial charge on any atom is 0.309 e. The number of piperidine rings is 1. The summed E-state index contributed by atoms with van der Waals surface area (Å²) < 4.78 is 5.16. The van der Waals surface area contributed by atoms with Crippen molar-refractivity contribution in [1.82, 2.24) is 9.91 Å². The molecule has 1 amide bonds. The second-order valence-electron chi connectivity index (χ2n) is 9.08. The first-order valence-electron chi connectivity index (χ1n) is 11.9. The van der Waals surface area contributed by atoms with E-state index in [9.17, 15) is 9.59 Å². The van der Waals surface area contributed by atoms with Crippen LogP contribution in [0.1, 0.15) is 54.5 Å². The Kier molecular flexibility index (Phi) is 7.23. The molecule has 2 aromatic carbocycles. The van der Waals surface area contributed by atoms with Crippen LogP contribution in [0.3, 0.4) is 0 Å². The van der Waals surface area contributed by atoms with Crippen molar-refractivity contribution < 1.29 is 14.3 Å². The van der Waals surface area contributed by atoms with Gasteiger partial charge in [-0.1, -0.05) is 59.7 Å². The highest BCUT2D eigenvalue weighted by Crippen LogP contribution is 2.33. The highest BCUT2D eigenvalue weighted by atomic mass is 16.5. The Bertz CT molecular complexity index is 1010. The van der Waals surface area contributed by atoms with Crippen LogP contribution in [0, 0.1) is 19.8 Å². The monoisotopic (exact) mass is 447 g/mol. The Morgan fingerprint density at radius 1 is 0.970 bits per heavy atom. The van der Waals surface area contributed by atoms with Crippen molar-refractivity contribution in [3.05, 3.63) is 70.8 Å². The second kappa shape index (κ2) is 10.3. The van der Waals surface area contributed by atoms with Crippen molar-refractivity contribution in [2.75, 3.05) is 26.2 Å². The Morgan fingerprint density at radius 3 is 2.18 bits per heavy atom. The van der Waals surface area contributed by atoms with Crippen molar-refractivity contribution in [2.24, 2.45) is 11.0 Å². The molecule has 0 N–H and O–H groups in total. The molecule has 6 nitrogen and oxygen atoms in total. The molecule has 0 saturated carbocycles. The third kappa shape index (κ3) is 5.50. The van der Waals surface area contributed by atoms with Crippen LogP contribution in [0.5, 0.6) is 0 Å². The summed E-state index contributed by atoms with van der Waals surface area (Å²) in [6.45, 7) is 8.11. The molecule has 2 aliphatic rings. The average Bonchev–Trinajstić information content (AvgIpc) is 3.26. The summed E-state index contributed by atoms with van der Waals surface area (Å²) in [5, 5.41) is 6.48. The van der Waals surface area contributed by atoms with Crippen LogP contribution in [0.25, 0.3) is 0 Å². The first-order chi connectivity index (χ1) is 15.9. The maximum atomic E-state index is 13.4. The Balaban J connectivity index is 1.48. The number of hydrogen-bond acceptors (Lipinski definition) is 5. The minimum atomic E-state index is -0.116. The van der Waals surface area contributed by atoms with Gasteiger partial charge in [-0.15, -0.1) is 0 Å². The molecule has 0 radical (unpaired) electrons. The van der Waals surface area contributed by atoms with Gasteiger partial charge in [-0.3, -0.25) is 14.5 Å². The number of benzene rings is 2. The lowest BCUT2D eigenvalue weighted by atomic mass is 9.96. The molecule has 0 aliphatic carbocycles. The summed E-state index contributed by atoms with van der Waals surface area (Å²) in [5.74, 6) is -0.179. The van der Waals surface area contributed by atoms with E-state index in [1.165, 1.54) is 11.1 Å². The Hall–Kier alpha value is -2.99. The highest BCUT2D eigenvalue weighted by Gasteiger charge is 2.35. The van der Waals surface area contributed by atoms with E-state index in [4.69, 9.17) is 9.84 Å². The largest absolute Gasteiger partial charge is 0.466 e. The van der Waals surface area contributed by atoms with Gasteiger partial charge in [-0.2, -0.15) is 5.10 Å². The molecular weight excluding hydrogens is 414 g/mol. The SMILES string of the molecule is CCOC(=O)C1CCN(CC(=O)N2N=C(c3ccc(C)cc3)C[C@@H]2c2ccc(C)cc2)CC1. The highest BCUT2D eigenvalue weighted by molar-refractivity contribution is 6.03. The molecule has 2 aromatic rings. The number of rotatable bonds is 6. The van der Waals surface area contributed by atoms with Crippen molar-refractivity contribution in [3.8, 4) is 0 Å². The van der Waals surface area contributed by atoms with Gasteiger partial charge >= 0.3 is 5.97 Å². The third-order valence-electron chi connectivity index (χ3n) is 6.58. The smallest absolute Gasteiger partial charge is 0.309 e. The average molecular weight is 448 g/mol. The normalized spacial score (nSPS) is 19.4. The number of ether oxygens (including phenoxy) is 1. The quantitative estimate of drug-likeness (QED) is 0.621. The van der Waals surface area contributed by atoms with Crippen LogP contribution in [0.4, 0.5) is 0 Å². The molecule has 0 unspecified atom stereocenters. The lowest BCUT2D eigenvalue weighted by Gasteiger charge is -2.32. The number of aryl methyl sites for hydroxylation is 2. The minimum absolute atomic E-state index is 0.00253. The molecule has 4 rings (SSSR count). The van der Waals surface area contributed by atoms with Crippen molar-refractivity contribution in [2.45, 2.75) is 46.1 Å². The van der Waals surface area contributed by atoms with Crippen molar-refractivity contribution in [3.63, 3.8) is 0 Å². The third-order valence-corrected chi connectivity index (χ3v) is 6.58. The summed E-state index contributed by atoms with van der Waals surface area (Å²) in [4.78, 5) is 27.5. The fourth-order valence-corrected chi connectivity index (χ4v) is 4.56. The van der Waals surface area contributed by atoms with Gasteiger partial charge in [-0.25, -0.2) is 5.01 Å². The van der Waals surface area contributed by atoms with E-state index < -0.39 is 0 Å². The molecule has 1 saturated heterocycles. The molecule has 1 fully saturated rings. The minimum Gasteiger partial charge on any atom is -0.466 e. The summed E-state index contributed by atoms with van der Waals surface area (Å²) >= 11 is 0. The number of amides is 1. The van der Waals surface area contributed by atoms with Gasteiger partial charge < -0.3 is 4.74 Å². The van der Waals surface area contributed by atoms with Crippen molar-refractivity contribution >= 4 is 17.6 Å². The first-order valence-corrected chi connectivity index (χ1v) is 11.9. The van der Waals surface area contributed by atoms with Gasteiger partial charge in [0.25, 0.3) is 5.91 Å². The van der Waals surface area contributed by atoms with Crippen LogP contribution in [-0.4, -0.2) is 53.7 Å². The zero-order valence-corrected chi connectivity index (χ0v) is 19.8. The van der Waals surface area contributed by atoms with E-state index in [-0.39, 0.29) is 23.8 Å². The van der Waals surface area contributed by atoms with E-state index in [1.54, 1.807) is 5.01 Å². The number of likely N-dealkylation sites (tertiary alicyclic amines) is 1. The van der Waals surface area contributed by atoms with Crippen LogP contribution in [-0.2, 0) is 14.3 Å². The number of carbonyl (C=O) groups is 2. The van der Waals surface area contributed by atoms with E-state index in [0.29, 0.717) is 32.7 Å². The molecule has 2 heterocycles. The summed E-state index contributed by atoms with van der Waals surface area (Å²) in [6.07, 6.45) is 2.15. The Morgan fingerprint density at radius 2 is 1.58 bits per heavy atom. The van der Waals surface area contributed by atoms with Gasteiger partial charge in [-0.05, 0) is 57.8 Å². The Labute approximate surface area is 196 Å². The van der Waals surface area contributed by atoms with E-state index >= 15 is 0 Å². The standard InChI is InChI=1S/C27H33N3O3/c1-4-33-27(32)23-13-15-29(16-14-23)18-26(31)30-25(22-11-7-20(3)8-12-22)17-24(28-30)21-9-5-19(2)6-10-21/h5-12,23,25H,4,13-18H2,1-3H3/t25-/m1/s1. The first kappa shape index (κ1) is 23.2. The van der Waals surface area contributed by atoms with Gasteiger partial charge in [0.05, 0.1) is 30.8 Å². The lowest BCUT2D eigenvalue weighted by molar-refractivity contribution is -0.149. The molecule has 1 atom stereocenters. The van der Waals surface area contributed by atoms with Crippen molar-refractivity contribution in [1.29, 1.82) is 0 Å². The predicted octanol–water partition coefficient (Wildman–Crippen LogP) is 4.26. The van der Waals surface area contributed by atoms with Gasteiger partial charge in [0.2, 0.25) is 0 Å². The number of esters is 1. The van der Waals surface area contributed by atoms with E-state index in [2.05, 4.69) is 67.3 Å². The van der Waals surface area contributed by atoms with Crippen LogP contribution < -0.4 is 0 Å². The van der Waals surface area contributed by atoms with Gasteiger partial charge in [0.15, 0.2) is 0 Å². The molecule has 6 heteroatoms. The maximum absolute atomic E-state index is 13.4. The van der Waals surface area contributed by atoms with Crippen LogP contribution in [0.15, 0.2) is 53.6 Å². The number of nitrogens with zero attached hydrogens (tertiary/aromatic N) is 3. The molecule has 174 valence electrons. The molecule has 0 spiro atoms. The summed E-state index contributed by atoms with van der Waals surface area (Å²) in [7, 11) is 0. The number of carbonyl (C=O) groups excluding carboxylic acids is 2. The molecule has 0 bridgehead atoms. The predicted molar refractivity (Wildman–Crippen MR) is 129 cm³/mol. The fraction of sp³-hybridized carbons (Fsp3) is 0.444. The van der Waals surface area contributed by atoms with Gasteiger partial charge in [0, 0.05) is 6.42 Å². The van der Waals surface area contributed by atoms with Crippen LogP contribution >= 0.6 is 0 Å². The summed E-state index contributed by atoms with van der Waals surface area (Å²) in [5.41, 5.74) is 5.49.